The highest BCUT2D eigenvalue weighted by atomic mass is 16.3. The number of carbonyl (C=O) groups is 3. The van der Waals surface area contributed by atoms with Gasteiger partial charge in [0.2, 0.25) is 5.91 Å². The molecule has 49 heavy (non-hydrogen) atoms. The molecule has 0 spiro atoms. The molecule has 0 radical (unpaired) electrons. The number of nitrogens with zero attached hydrogens (tertiary/aromatic N) is 4. The highest BCUT2D eigenvalue weighted by Gasteiger charge is 2.33. The van der Waals surface area contributed by atoms with Gasteiger partial charge in [0.05, 0.1) is 29.3 Å². The maximum Gasteiger partial charge on any atom is 0.274 e. The summed E-state index contributed by atoms with van der Waals surface area (Å²) in [5, 5.41) is 18.2. The molecule has 0 bridgehead atoms. The molecular formula is C40H49N5O4. The third kappa shape index (κ3) is 7.78. The first-order valence-corrected chi connectivity index (χ1v) is 17.4. The van der Waals surface area contributed by atoms with Gasteiger partial charge in [0.1, 0.15) is 0 Å². The number of benzene rings is 3. The number of aliphatic hydroxyl groups is 1. The Kier molecular flexibility index (Phi) is 11.3. The van der Waals surface area contributed by atoms with Gasteiger partial charge in [0, 0.05) is 31.0 Å². The number of unbranched alkanes of at least 4 members (excludes halogenated alkanes) is 2. The number of aromatic nitrogens is 2. The summed E-state index contributed by atoms with van der Waals surface area (Å²) in [6.45, 7) is 11.3. The van der Waals surface area contributed by atoms with Crippen molar-refractivity contribution >= 4 is 23.4 Å². The Morgan fingerprint density at radius 2 is 1.57 bits per heavy atom. The summed E-state index contributed by atoms with van der Waals surface area (Å²) in [6, 6.07) is 24.1. The van der Waals surface area contributed by atoms with Gasteiger partial charge in [-0.1, -0.05) is 81.3 Å². The van der Waals surface area contributed by atoms with Crippen LogP contribution in [-0.4, -0.2) is 68.1 Å². The van der Waals surface area contributed by atoms with Crippen LogP contribution < -0.4 is 5.32 Å². The van der Waals surface area contributed by atoms with Crippen LogP contribution in [0.3, 0.4) is 0 Å². The van der Waals surface area contributed by atoms with Gasteiger partial charge in [-0.3, -0.25) is 14.4 Å². The van der Waals surface area contributed by atoms with Gasteiger partial charge in [0.15, 0.2) is 5.69 Å². The van der Waals surface area contributed by atoms with Crippen LogP contribution in [0.25, 0.3) is 5.69 Å². The summed E-state index contributed by atoms with van der Waals surface area (Å²) in [7, 11) is 0. The van der Waals surface area contributed by atoms with Crippen molar-refractivity contribution in [2.75, 3.05) is 25.0 Å². The largest absolute Gasteiger partial charge is 0.394 e. The molecule has 3 aromatic carbocycles. The lowest BCUT2D eigenvalue weighted by Crippen LogP contribution is -2.46. The lowest BCUT2D eigenvalue weighted by molar-refractivity contribution is -0.120. The van der Waals surface area contributed by atoms with Crippen LogP contribution in [0.2, 0.25) is 0 Å². The lowest BCUT2D eigenvalue weighted by Gasteiger charge is -2.36. The molecule has 1 aliphatic rings. The third-order valence-electron chi connectivity index (χ3n) is 9.56. The molecule has 0 saturated carbocycles. The number of fused-ring (bicyclic) bond motifs is 1. The van der Waals surface area contributed by atoms with Crippen molar-refractivity contribution in [2.45, 2.75) is 84.7 Å². The number of aryl methyl sites for hydroxylation is 1. The molecule has 2 heterocycles. The molecule has 3 amide bonds. The Bertz CT molecular complexity index is 1770. The van der Waals surface area contributed by atoms with E-state index in [0.29, 0.717) is 54.4 Å². The van der Waals surface area contributed by atoms with Crippen molar-refractivity contribution in [1.29, 1.82) is 0 Å². The smallest absolute Gasteiger partial charge is 0.274 e. The van der Waals surface area contributed by atoms with Crippen LogP contribution in [-0.2, 0) is 23.2 Å². The van der Waals surface area contributed by atoms with E-state index in [4.69, 9.17) is 5.10 Å². The van der Waals surface area contributed by atoms with Gasteiger partial charge in [-0.05, 0) is 81.0 Å². The predicted octanol–water partition coefficient (Wildman–Crippen LogP) is 6.70. The molecule has 0 fully saturated rings. The second-order valence-corrected chi connectivity index (χ2v) is 13.5. The standard InChI is InChI=1S/C40H49N5O4/c1-6-8-21-43(22-9-7-2)38(48)35-23-28(3)45(42-35)36-20-19-32(41-39(49)40(4,5)31-17-11-10-12-18-31)25-34(36)37(47)44-26-30-16-14-13-15-29(30)24-33(44)27-46/h10-20,23,25,33,46H,6-9,21-22,24,26-27H2,1-5H3,(H,41,49). The minimum absolute atomic E-state index is 0.128. The van der Waals surface area contributed by atoms with Crippen molar-refractivity contribution in [2.24, 2.45) is 0 Å². The topological polar surface area (TPSA) is 108 Å². The summed E-state index contributed by atoms with van der Waals surface area (Å²) in [6.07, 6.45) is 4.31. The highest BCUT2D eigenvalue weighted by molar-refractivity contribution is 6.02. The number of amides is 3. The van der Waals surface area contributed by atoms with Crippen LogP contribution in [0.1, 0.15) is 96.6 Å². The zero-order valence-electron chi connectivity index (χ0n) is 29.4. The zero-order valence-corrected chi connectivity index (χ0v) is 29.4. The molecule has 0 aliphatic carbocycles. The average molecular weight is 664 g/mol. The van der Waals surface area contributed by atoms with E-state index < -0.39 is 11.5 Å². The molecule has 5 rings (SSSR count). The number of hydrogen-bond donors (Lipinski definition) is 2. The summed E-state index contributed by atoms with van der Waals surface area (Å²) in [5.41, 5.74) is 4.46. The molecule has 258 valence electrons. The fraction of sp³-hybridized carbons (Fsp3) is 0.400. The summed E-state index contributed by atoms with van der Waals surface area (Å²) < 4.78 is 1.64. The molecule has 1 unspecified atom stereocenters. The molecule has 0 saturated heterocycles. The van der Waals surface area contributed by atoms with E-state index in [1.54, 1.807) is 33.8 Å². The Hall–Kier alpha value is -4.76. The van der Waals surface area contributed by atoms with Crippen molar-refractivity contribution < 1.29 is 19.5 Å². The van der Waals surface area contributed by atoms with Crippen molar-refractivity contribution in [1.82, 2.24) is 19.6 Å². The number of carbonyl (C=O) groups excluding carboxylic acids is 3. The van der Waals surface area contributed by atoms with E-state index in [2.05, 4.69) is 19.2 Å². The van der Waals surface area contributed by atoms with E-state index in [1.165, 1.54) is 0 Å². The van der Waals surface area contributed by atoms with E-state index in [0.717, 1.165) is 42.4 Å². The number of nitrogens with one attached hydrogen (secondary N) is 1. The fourth-order valence-corrected chi connectivity index (χ4v) is 6.38. The van der Waals surface area contributed by atoms with Gasteiger partial charge in [-0.2, -0.15) is 5.10 Å². The minimum Gasteiger partial charge on any atom is -0.394 e. The van der Waals surface area contributed by atoms with Gasteiger partial charge in [-0.25, -0.2) is 4.68 Å². The highest BCUT2D eigenvalue weighted by Crippen LogP contribution is 2.30. The molecule has 2 N–H and O–H groups in total. The second kappa shape index (κ2) is 15.6. The van der Waals surface area contributed by atoms with Gasteiger partial charge >= 0.3 is 0 Å². The number of hydrogen-bond acceptors (Lipinski definition) is 5. The first-order chi connectivity index (χ1) is 23.6. The summed E-state index contributed by atoms with van der Waals surface area (Å²) >= 11 is 0. The van der Waals surface area contributed by atoms with Crippen molar-refractivity contribution in [3.8, 4) is 5.69 Å². The van der Waals surface area contributed by atoms with E-state index >= 15 is 0 Å². The quantitative estimate of drug-likeness (QED) is 0.166. The van der Waals surface area contributed by atoms with Crippen molar-refractivity contribution in [3.05, 3.63) is 113 Å². The van der Waals surface area contributed by atoms with Gasteiger partial charge in [-0.15, -0.1) is 0 Å². The monoisotopic (exact) mass is 663 g/mol. The molecule has 9 nitrogen and oxygen atoms in total. The predicted molar refractivity (Wildman–Crippen MR) is 193 cm³/mol. The minimum atomic E-state index is -0.835. The SMILES string of the molecule is CCCCN(CCCC)C(=O)c1cc(C)n(-c2ccc(NC(=O)C(C)(C)c3ccccc3)cc2C(=O)N2Cc3ccccc3CC2CO)n1. The van der Waals surface area contributed by atoms with E-state index in [9.17, 15) is 19.5 Å². The number of anilines is 1. The second-order valence-electron chi connectivity index (χ2n) is 13.5. The van der Waals surface area contributed by atoms with Gasteiger partial charge < -0.3 is 20.2 Å². The van der Waals surface area contributed by atoms with Crippen LogP contribution in [0.15, 0.2) is 78.9 Å². The number of rotatable bonds is 13. The third-order valence-corrected chi connectivity index (χ3v) is 9.56. The fourth-order valence-electron chi connectivity index (χ4n) is 6.38. The first kappa shape index (κ1) is 35.5. The molecule has 1 aliphatic heterocycles. The molecule has 9 heteroatoms. The Morgan fingerprint density at radius 1 is 0.918 bits per heavy atom. The number of aliphatic hydroxyl groups excluding tert-OH is 1. The molecule has 1 aromatic heterocycles. The zero-order chi connectivity index (χ0) is 35.1. The summed E-state index contributed by atoms with van der Waals surface area (Å²) in [4.78, 5) is 45.5. The Morgan fingerprint density at radius 3 is 2.22 bits per heavy atom. The lowest BCUT2D eigenvalue weighted by atomic mass is 9.83. The maximum atomic E-state index is 14.6. The van der Waals surface area contributed by atoms with Crippen LogP contribution in [0, 0.1) is 6.92 Å². The van der Waals surface area contributed by atoms with Crippen LogP contribution in [0.4, 0.5) is 5.69 Å². The maximum absolute atomic E-state index is 14.6. The Balaban J connectivity index is 1.55. The average Bonchev–Trinajstić information content (AvgIpc) is 3.51. The Labute approximate surface area is 289 Å². The van der Waals surface area contributed by atoms with Gasteiger partial charge in [0.25, 0.3) is 11.8 Å². The normalized spacial score (nSPS) is 14.3. The van der Waals surface area contributed by atoms with E-state index in [1.807, 2.05) is 80.3 Å². The van der Waals surface area contributed by atoms with Crippen LogP contribution in [0.5, 0.6) is 0 Å². The molecule has 4 aromatic rings. The van der Waals surface area contributed by atoms with Crippen molar-refractivity contribution in [3.63, 3.8) is 0 Å². The first-order valence-electron chi connectivity index (χ1n) is 17.4. The molecule has 1 atom stereocenters. The van der Waals surface area contributed by atoms with E-state index in [-0.39, 0.29) is 24.3 Å². The molecular weight excluding hydrogens is 614 g/mol. The van der Waals surface area contributed by atoms with Crippen LogP contribution >= 0.6 is 0 Å². The summed E-state index contributed by atoms with van der Waals surface area (Å²) in [5.74, 6) is -0.638.